The summed E-state index contributed by atoms with van der Waals surface area (Å²) in [5.74, 6) is 0.351. The molecule has 0 aliphatic carbocycles. The molecule has 8 nitrogen and oxygen atoms in total. The molecule has 2 aromatic carbocycles. The van der Waals surface area contributed by atoms with Crippen molar-refractivity contribution in [3.8, 4) is 5.75 Å². The molecule has 0 spiro atoms. The number of halogens is 1. The van der Waals surface area contributed by atoms with E-state index in [1.807, 2.05) is 29.2 Å². The van der Waals surface area contributed by atoms with Gasteiger partial charge in [-0.3, -0.25) is 9.52 Å². The van der Waals surface area contributed by atoms with Crippen LogP contribution in [0.25, 0.3) is 0 Å². The summed E-state index contributed by atoms with van der Waals surface area (Å²) in [6, 6.07) is 12.4. The predicted octanol–water partition coefficient (Wildman–Crippen LogP) is 3.37. The Hall–Kier alpha value is -3.18. The summed E-state index contributed by atoms with van der Waals surface area (Å²) >= 11 is 1.15. The molecule has 0 radical (unpaired) electrons. The summed E-state index contributed by atoms with van der Waals surface area (Å²) in [5, 5.41) is 1.94. The smallest absolute Gasteiger partial charge is 0.263 e. The largest absolute Gasteiger partial charge is 0.497 e. The summed E-state index contributed by atoms with van der Waals surface area (Å²) in [6.45, 7) is 2.80. The monoisotopic (exact) mass is 504 g/mol. The fourth-order valence-electron chi connectivity index (χ4n) is 3.66. The van der Waals surface area contributed by atoms with Gasteiger partial charge >= 0.3 is 0 Å². The van der Waals surface area contributed by atoms with Crippen LogP contribution in [0.2, 0.25) is 0 Å². The van der Waals surface area contributed by atoms with Gasteiger partial charge in [0.15, 0.2) is 5.13 Å². The van der Waals surface area contributed by atoms with Gasteiger partial charge in [-0.15, -0.1) is 11.3 Å². The molecule has 0 saturated carbocycles. The zero-order chi connectivity index (χ0) is 24.1. The third-order valence-corrected chi connectivity index (χ3v) is 7.85. The lowest BCUT2D eigenvalue weighted by molar-refractivity contribution is -0.131. The zero-order valence-electron chi connectivity index (χ0n) is 18.6. The first kappa shape index (κ1) is 24.0. The number of hydrogen-bond donors (Lipinski definition) is 1. The van der Waals surface area contributed by atoms with E-state index in [2.05, 4.69) is 14.6 Å². The van der Waals surface area contributed by atoms with Crippen molar-refractivity contribution >= 4 is 38.1 Å². The van der Waals surface area contributed by atoms with Crippen LogP contribution in [0.5, 0.6) is 5.75 Å². The Morgan fingerprint density at radius 1 is 1.09 bits per heavy atom. The molecule has 1 saturated heterocycles. The maximum atomic E-state index is 13.0. The van der Waals surface area contributed by atoms with Crippen LogP contribution < -0.4 is 14.4 Å². The molecular weight excluding hydrogens is 479 g/mol. The Morgan fingerprint density at radius 2 is 1.76 bits per heavy atom. The molecule has 1 aliphatic heterocycles. The minimum atomic E-state index is -3.85. The quantitative estimate of drug-likeness (QED) is 0.506. The maximum absolute atomic E-state index is 13.0. The third-order valence-electron chi connectivity index (χ3n) is 5.56. The van der Waals surface area contributed by atoms with Crippen molar-refractivity contribution in [2.45, 2.75) is 17.7 Å². The van der Waals surface area contributed by atoms with Gasteiger partial charge in [0.05, 0.1) is 17.7 Å². The van der Waals surface area contributed by atoms with Crippen LogP contribution in [-0.2, 0) is 21.2 Å². The molecule has 0 atom stereocenters. The number of amides is 1. The van der Waals surface area contributed by atoms with Gasteiger partial charge in [-0.25, -0.2) is 17.8 Å². The second-order valence-corrected chi connectivity index (χ2v) is 10.3. The van der Waals surface area contributed by atoms with E-state index in [0.717, 1.165) is 48.0 Å². The van der Waals surface area contributed by atoms with Crippen LogP contribution in [0.3, 0.4) is 0 Å². The van der Waals surface area contributed by atoms with E-state index in [-0.39, 0.29) is 15.9 Å². The lowest BCUT2D eigenvalue weighted by Gasteiger charge is -2.36. The number of ether oxygens (including phenoxy) is 1. The zero-order valence-corrected chi connectivity index (χ0v) is 20.2. The van der Waals surface area contributed by atoms with Crippen LogP contribution in [0.1, 0.15) is 12.1 Å². The molecule has 11 heteroatoms. The molecule has 1 aliphatic rings. The van der Waals surface area contributed by atoms with Gasteiger partial charge in [-0.1, -0.05) is 0 Å². The molecule has 1 N–H and O–H groups in total. The number of hydrogen-bond acceptors (Lipinski definition) is 7. The number of piperazine rings is 1. The molecule has 1 fully saturated rings. The number of thiazole rings is 1. The minimum absolute atomic E-state index is 0.0467. The fraction of sp³-hybridized carbons (Fsp3) is 0.304. The van der Waals surface area contributed by atoms with Gasteiger partial charge in [-0.05, 0) is 55.0 Å². The molecule has 180 valence electrons. The van der Waals surface area contributed by atoms with Gasteiger partial charge in [0.1, 0.15) is 11.6 Å². The average Bonchev–Trinajstić information content (AvgIpc) is 3.29. The molecule has 1 amide bonds. The standard InChI is InChI=1S/C23H25FN4O4S2/c1-32-20-7-5-19(6-8-20)27-12-14-28(15-13-27)22(29)11-4-18-16-33-23(25-18)26-34(30,31)21-9-2-17(24)3-10-21/h2-3,5-10,16H,4,11-15H2,1H3,(H,25,26). The van der Waals surface area contributed by atoms with E-state index in [9.17, 15) is 17.6 Å². The molecule has 3 aromatic rings. The first-order valence-corrected chi connectivity index (χ1v) is 13.1. The number of methoxy groups -OCH3 is 1. The van der Waals surface area contributed by atoms with Crippen LogP contribution in [0, 0.1) is 5.82 Å². The van der Waals surface area contributed by atoms with E-state index in [4.69, 9.17) is 4.74 Å². The number of sulfonamides is 1. The van der Waals surface area contributed by atoms with Gasteiger partial charge in [0.2, 0.25) is 5.91 Å². The summed E-state index contributed by atoms with van der Waals surface area (Å²) in [4.78, 5) is 21.0. The van der Waals surface area contributed by atoms with Crippen molar-refractivity contribution < 1.29 is 22.3 Å². The SMILES string of the molecule is COc1ccc(N2CCN(C(=O)CCc3csc(NS(=O)(=O)c4ccc(F)cc4)n3)CC2)cc1. The Balaban J connectivity index is 1.26. The van der Waals surface area contributed by atoms with Gasteiger partial charge < -0.3 is 14.5 Å². The summed E-state index contributed by atoms with van der Waals surface area (Å²) in [6.07, 6.45) is 0.725. The van der Waals surface area contributed by atoms with E-state index in [0.29, 0.717) is 31.6 Å². The Bertz CT molecular complexity index is 1220. The molecule has 1 aromatic heterocycles. The first-order valence-electron chi connectivity index (χ1n) is 10.7. The minimum Gasteiger partial charge on any atom is -0.497 e. The van der Waals surface area contributed by atoms with Crippen molar-refractivity contribution in [2.75, 3.05) is 42.9 Å². The van der Waals surface area contributed by atoms with Crippen LogP contribution in [0.15, 0.2) is 58.8 Å². The van der Waals surface area contributed by atoms with Crippen molar-refractivity contribution in [3.63, 3.8) is 0 Å². The number of carbonyl (C=O) groups is 1. The van der Waals surface area contributed by atoms with E-state index in [1.54, 1.807) is 12.5 Å². The number of carbonyl (C=O) groups excluding carboxylic acids is 1. The fourth-order valence-corrected chi connectivity index (χ4v) is 5.65. The lowest BCUT2D eigenvalue weighted by Crippen LogP contribution is -2.48. The average molecular weight is 505 g/mol. The predicted molar refractivity (Wildman–Crippen MR) is 129 cm³/mol. The maximum Gasteiger partial charge on any atom is 0.263 e. The van der Waals surface area contributed by atoms with Crippen LogP contribution in [-0.4, -0.2) is 57.5 Å². The van der Waals surface area contributed by atoms with Crippen LogP contribution in [0.4, 0.5) is 15.2 Å². The highest BCUT2D eigenvalue weighted by molar-refractivity contribution is 7.93. The number of nitrogens with one attached hydrogen (secondary N) is 1. The van der Waals surface area contributed by atoms with Crippen molar-refractivity contribution in [1.29, 1.82) is 0 Å². The van der Waals surface area contributed by atoms with E-state index in [1.165, 1.54) is 12.1 Å². The molecular formula is C23H25FN4O4S2. The molecule has 34 heavy (non-hydrogen) atoms. The second kappa shape index (κ2) is 10.4. The number of aromatic nitrogens is 1. The van der Waals surface area contributed by atoms with Crippen molar-refractivity contribution in [1.82, 2.24) is 9.88 Å². The number of anilines is 2. The normalized spacial score (nSPS) is 14.2. The summed E-state index contributed by atoms with van der Waals surface area (Å²) < 4.78 is 45.5. The topological polar surface area (TPSA) is 91.8 Å². The Labute approximate surface area is 202 Å². The molecule has 4 rings (SSSR count). The highest BCUT2D eigenvalue weighted by Gasteiger charge is 2.22. The number of rotatable bonds is 8. The summed E-state index contributed by atoms with van der Waals surface area (Å²) in [7, 11) is -2.22. The molecule has 0 unspecified atom stereocenters. The second-order valence-electron chi connectivity index (χ2n) is 7.77. The Kier molecular flexibility index (Phi) is 7.32. The Morgan fingerprint density at radius 3 is 2.41 bits per heavy atom. The molecule has 2 heterocycles. The number of aryl methyl sites for hydroxylation is 1. The molecule has 0 bridgehead atoms. The van der Waals surface area contributed by atoms with Crippen molar-refractivity contribution in [2.24, 2.45) is 0 Å². The lowest BCUT2D eigenvalue weighted by atomic mass is 10.2. The van der Waals surface area contributed by atoms with Gasteiger partial charge in [0.25, 0.3) is 10.0 Å². The first-order chi connectivity index (χ1) is 16.3. The van der Waals surface area contributed by atoms with Crippen LogP contribution >= 0.6 is 11.3 Å². The summed E-state index contributed by atoms with van der Waals surface area (Å²) in [5.41, 5.74) is 1.75. The number of benzene rings is 2. The third kappa shape index (κ3) is 5.84. The van der Waals surface area contributed by atoms with E-state index >= 15 is 0 Å². The highest BCUT2D eigenvalue weighted by atomic mass is 32.2. The van der Waals surface area contributed by atoms with E-state index < -0.39 is 15.8 Å². The number of nitrogens with zero attached hydrogens (tertiary/aromatic N) is 3. The van der Waals surface area contributed by atoms with Gasteiger partial charge in [-0.2, -0.15) is 0 Å². The van der Waals surface area contributed by atoms with Gasteiger partial charge in [0, 0.05) is 43.7 Å². The highest BCUT2D eigenvalue weighted by Crippen LogP contribution is 2.23. The van der Waals surface area contributed by atoms with Crippen molar-refractivity contribution in [3.05, 3.63) is 65.4 Å².